The van der Waals surface area contributed by atoms with Gasteiger partial charge in [-0.05, 0) is 67.8 Å². The normalized spacial score (nSPS) is 11.0. The Morgan fingerprint density at radius 1 is 1.06 bits per heavy atom. The van der Waals surface area contributed by atoms with Gasteiger partial charge in [-0.15, -0.1) is 0 Å². The number of amides is 1. The average Bonchev–Trinajstić information content (AvgIpc) is 2.81. The van der Waals surface area contributed by atoms with E-state index in [-0.39, 0.29) is 17.2 Å². The van der Waals surface area contributed by atoms with E-state index in [1.54, 1.807) is 24.3 Å². The monoisotopic (exact) mass is 494 g/mol. The number of rotatable bonds is 8. The van der Waals surface area contributed by atoms with Gasteiger partial charge in [-0.2, -0.15) is 5.26 Å². The maximum atomic E-state index is 12.8. The van der Waals surface area contributed by atoms with Crippen molar-refractivity contribution in [3.05, 3.63) is 92.5 Å². The molecule has 3 rings (SSSR count). The van der Waals surface area contributed by atoms with E-state index in [0.29, 0.717) is 34.4 Å². The van der Waals surface area contributed by atoms with Crippen molar-refractivity contribution in [2.45, 2.75) is 27.4 Å². The molecular formula is C27H24Cl2N2O3. The zero-order chi connectivity index (χ0) is 24.7. The van der Waals surface area contributed by atoms with E-state index in [9.17, 15) is 10.1 Å². The van der Waals surface area contributed by atoms with Crippen molar-refractivity contribution in [3.8, 4) is 17.6 Å². The molecule has 1 amide bonds. The molecule has 0 aliphatic carbocycles. The first-order valence-electron chi connectivity index (χ1n) is 10.7. The molecule has 0 fully saturated rings. The quantitative estimate of drug-likeness (QED) is 0.267. The van der Waals surface area contributed by atoms with Gasteiger partial charge in [-0.3, -0.25) is 4.79 Å². The van der Waals surface area contributed by atoms with Crippen LogP contribution in [-0.2, 0) is 11.4 Å². The Balaban J connectivity index is 1.87. The number of halogens is 2. The van der Waals surface area contributed by atoms with Crippen molar-refractivity contribution in [2.75, 3.05) is 11.9 Å². The predicted octanol–water partition coefficient (Wildman–Crippen LogP) is 7.13. The summed E-state index contributed by atoms with van der Waals surface area (Å²) >= 11 is 12.7. The van der Waals surface area contributed by atoms with Crippen LogP contribution < -0.4 is 14.8 Å². The Hall–Kier alpha value is -3.46. The van der Waals surface area contributed by atoms with Gasteiger partial charge >= 0.3 is 0 Å². The van der Waals surface area contributed by atoms with Crippen LogP contribution in [0.5, 0.6) is 11.5 Å². The van der Waals surface area contributed by atoms with Crippen LogP contribution in [0.15, 0.2) is 60.2 Å². The third-order valence-electron chi connectivity index (χ3n) is 5.19. The van der Waals surface area contributed by atoms with Crippen LogP contribution in [0.3, 0.4) is 0 Å². The molecular weight excluding hydrogens is 471 g/mol. The van der Waals surface area contributed by atoms with E-state index < -0.39 is 5.91 Å². The number of anilines is 1. The second-order valence-electron chi connectivity index (χ2n) is 7.51. The van der Waals surface area contributed by atoms with Crippen LogP contribution in [0.25, 0.3) is 6.08 Å². The Morgan fingerprint density at radius 3 is 2.53 bits per heavy atom. The molecule has 7 heteroatoms. The van der Waals surface area contributed by atoms with Gasteiger partial charge in [0.2, 0.25) is 0 Å². The van der Waals surface area contributed by atoms with Gasteiger partial charge in [0.25, 0.3) is 5.91 Å². The summed E-state index contributed by atoms with van der Waals surface area (Å²) < 4.78 is 11.6. The Labute approximate surface area is 209 Å². The number of ether oxygens (including phenoxy) is 2. The topological polar surface area (TPSA) is 71.3 Å². The number of hydrogen-bond acceptors (Lipinski definition) is 4. The molecule has 0 unspecified atom stereocenters. The molecule has 0 atom stereocenters. The second-order valence-corrected chi connectivity index (χ2v) is 8.33. The van der Waals surface area contributed by atoms with Crippen LogP contribution in [0, 0.1) is 25.2 Å². The summed E-state index contributed by atoms with van der Waals surface area (Å²) in [5, 5.41) is 13.3. The van der Waals surface area contributed by atoms with Crippen LogP contribution in [0.4, 0.5) is 5.69 Å². The molecule has 0 aliphatic rings. The number of aryl methyl sites for hydroxylation is 1. The minimum absolute atomic E-state index is 0.0656. The summed E-state index contributed by atoms with van der Waals surface area (Å²) in [5.74, 6) is 0.254. The number of nitriles is 1. The van der Waals surface area contributed by atoms with Crippen molar-refractivity contribution in [1.29, 1.82) is 5.26 Å². The SMILES string of the molecule is CCOc1cc(/C=C(\C#N)C(=O)Nc2cccc(C)c2C)cc(Cl)c1OCc1ccccc1Cl. The molecule has 3 aromatic rings. The first-order valence-corrected chi connectivity index (χ1v) is 11.4. The number of nitrogens with one attached hydrogen (secondary N) is 1. The first-order chi connectivity index (χ1) is 16.3. The highest BCUT2D eigenvalue weighted by Crippen LogP contribution is 2.38. The second kappa shape index (κ2) is 11.6. The Kier molecular flexibility index (Phi) is 8.59. The highest BCUT2D eigenvalue weighted by molar-refractivity contribution is 6.32. The van der Waals surface area contributed by atoms with E-state index in [2.05, 4.69) is 5.32 Å². The van der Waals surface area contributed by atoms with Gasteiger partial charge in [0.05, 0.1) is 11.6 Å². The minimum Gasteiger partial charge on any atom is -0.490 e. The molecule has 0 bridgehead atoms. The summed E-state index contributed by atoms with van der Waals surface area (Å²) in [5.41, 5.74) is 3.91. The molecule has 5 nitrogen and oxygen atoms in total. The van der Waals surface area contributed by atoms with E-state index >= 15 is 0 Å². The van der Waals surface area contributed by atoms with Gasteiger partial charge in [-0.25, -0.2) is 0 Å². The van der Waals surface area contributed by atoms with Crippen LogP contribution in [-0.4, -0.2) is 12.5 Å². The fraction of sp³-hybridized carbons (Fsp3) is 0.185. The van der Waals surface area contributed by atoms with Gasteiger partial charge in [-0.1, -0.05) is 53.5 Å². The fourth-order valence-electron chi connectivity index (χ4n) is 3.23. The fourth-order valence-corrected chi connectivity index (χ4v) is 3.70. The number of carbonyl (C=O) groups excluding carboxylic acids is 1. The molecule has 0 spiro atoms. The van der Waals surface area contributed by atoms with Crippen LogP contribution in [0.2, 0.25) is 10.0 Å². The van der Waals surface area contributed by atoms with E-state index in [1.165, 1.54) is 6.08 Å². The molecule has 0 saturated heterocycles. The van der Waals surface area contributed by atoms with Crippen LogP contribution >= 0.6 is 23.2 Å². The lowest BCUT2D eigenvalue weighted by Crippen LogP contribution is -2.14. The largest absolute Gasteiger partial charge is 0.490 e. The predicted molar refractivity (Wildman–Crippen MR) is 137 cm³/mol. The summed E-state index contributed by atoms with van der Waals surface area (Å²) in [6.45, 7) is 6.29. The average molecular weight is 495 g/mol. The van der Waals surface area contributed by atoms with Crippen molar-refractivity contribution in [1.82, 2.24) is 0 Å². The van der Waals surface area contributed by atoms with Gasteiger partial charge in [0.1, 0.15) is 18.2 Å². The van der Waals surface area contributed by atoms with Crippen molar-refractivity contribution < 1.29 is 14.3 Å². The summed E-state index contributed by atoms with van der Waals surface area (Å²) in [7, 11) is 0. The van der Waals surface area contributed by atoms with E-state index in [4.69, 9.17) is 32.7 Å². The zero-order valence-electron chi connectivity index (χ0n) is 19.1. The molecule has 0 heterocycles. The molecule has 3 aromatic carbocycles. The Bertz CT molecular complexity index is 1280. The standard InChI is InChI=1S/C27H24Cl2N2O3/c1-4-33-25-14-19(13-23(29)26(25)34-16-20-9-5-6-10-22(20)28)12-21(15-30)27(32)31-24-11-7-8-17(2)18(24)3/h5-14H,4,16H2,1-3H3,(H,31,32)/b21-12+. The summed E-state index contributed by atoms with van der Waals surface area (Å²) in [6, 6.07) is 18.2. The maximum Gasteiger partial charge on any atom is 0.266 e. The summed E-state index contributed by atoms with van der Waals surface area (Å²) in [4.78, 5) is 12.8. The lowest BCUT2D eigenvalue weighted by molar-refractivity contribution is -0.112. The number of hydrogen-bond donors (Lipinski definition) is 1. The summed E-state index contributed by atoms with van der Waals surface area (Å²) in [6.07, 6.45) is 1.46. The van der Waals surface area contributed by atoms with Crippen LogP contribution in [0.1, 0.15) is 29.2 Å². The van der Waals surface area contributed by atoms with E-state index in [0.717, 1.165) is 16.7 Å². The molecule has 0 aromatic heterocycles. The smallest absolute Gasteiger partial charge is 0.266 e. The third kappa shape index (κ3) is 6.11. The van der Waals surface area contributed by atoms with Gasteiger partial charge in [0.15, 0.2) is 11.5 Å². The third-order valence-corrected chi connectivity index (χ3v) is 5.84. The molecule has 174 valence electrons. The molecule has 34 heavy (non-hydrogen) atoms. The van der Waals surface area contributed by atoms with Gasteiger partial charge < -0.3 is 14.8 Å². The lowest BCUT2D eigenvalue weighted by atomic mass is 10.1. The number of carbonyl (C=O) groups is 1. The zero-order valence-corrected chi connectivity index (χ0v) is 20.6. The number of nitrogens with zero attached hydrogens (tertiary/aromatic N) is 1. The van der Waals surface area contributed by atoms with Crippen molar-refractivity contribution in [2.24, 2.45) is 0 Å². The van der Waals surface area contributed by atoms with Crippen molar-refractivity contribution >= 4 is 40.9 Å². The number of benzene rings is 3. The van der Waals surface area contributed by atoms with Gasteiger partial charge in [0, 0.05) is 16.3 Å². The minimum atomic E-state index is -0.510. The Morgan fingerprint density at radius 2 is 1.82 bits per heavy atom. The molecule has 0 radical (unpaired) electrons. The highest BCUT2D eigenvalue weighted by atomic mass is 35.5. The molecule has 1 N–H and O–H groups in total. The lowest BCUT2D eigenvalue weighted by Gasteiger charge is -2.15. The van der Waals surface area contributed by atoms with Crippen molar-refractivity contribution in [3.63, 3.8) is 0 Å². The molecule has 0 aliphatic heterocycles. The maximum absolute atomic E-state index is 12.8. The van der Waals surface area contributed by atoms with E-state index in [1.807, 2.05) is 57.2 Å². The highest BCUT2D eigenvalue weighted by Gasteiger charge is 2.16. The molecule has 0 saturated carbocycles. The first kappa shape index (κ1) is 25.2.